The van der Waals surface area contributed by atoms with E-state index in [0.717, 1.165) is 25.1 Å². The molecule has 0 aliphatic carbocycles. The number of carboxylic acids is 1. The minimum atomic E-state index is -0.842. The number of rotatable bonds is 2. The molecule has 3 nitrogen and oxygen atoms in total. The van der Waals surface area contributed by atoms with Crippen molar-refractivity contribution in [3.05, 3.63) is 35.4 Å². The fraction of sp³-hybridized carbons (Fsp3) is 0.462. The zero-order valence-corrected chi connectivity index (χ0v) is 10.7. The van der Waals surface area contributed by atoms with E-state index in [1.54, 1.807) is 6.07 Å². The van der Waals surface area contributed by atoms with Gasteiger partial charge in [-0.1, -0.05) is 12.1 Å². The standard InChI is InChI=1S/C13H17NO2.ClH/c1-14-7-3-6-12(9-14)10-4-2-5-11(8-10)13(15)16;/h2,4-5,8,12H,3,6-7,9H2,1H3,(H,15,16);1H. The lowest BCUT2D eigenvalue weighted by atomic mass is 9.90. The van der Waals surface area contributed by atoms with Gasteiger partial charge in [0.25, 0.3) is 0 Å². The van der Waals surface area contributed by atoms with Gasteiger partial charge in [0.15, 0.2) is 0 Å². The summed E-state index contributed by atoms with van der Waals surface area (Å²) in [5, 5.41) is 8.95. The topological polar surface area (TPSA) is 40.5 Å². The first kappa shape index (κ1) is 14.0. The van der Waals surface area contributed by atoms with Crippen LogP contribution in [0.4, 0.5) is 0 Å². The van der Waals surface area contributed by atoms with Crippen molar-refractivity contribution in [1.29, 1.82) is 0 Å². The number of carboxylic acid groups (broad SMARTS) is 1. The van der Waals surface area contributed by atoms with E-state index in [0.29, 0.717) is 11.5 Å². The number of halogens is 1. The van der Waals surface area contributed by atoms with Crippen molar-refractivity contribution < 1.29 is 9.90 Å². The van der Waals surface area contributed by atoms with Crippen molar-refractivity contribution in [2.45, 2.75) is 18.8 Å². The van der Waals surface area contributed by atoms with Gasteiger partial charge >= 0.3 is 5.97 Å². The van der Waals surface area contributed by atoms with Crippen molar-refractivity contribution in [1.82, 2.24) is 4.90 Å². The van der Waals surface area contributed by atoms with Crippen LogP contribution in [0.5, 0.6) is 0 Å². The highest BCUT2D eigenvalue weighted by atomic mass is 35.5. The third-order valence-corrected chi connectivity index (χ3v) is 3.23. The number of likely N-dealkylation sites (N-methyl/N-ethyl adjacent to an activating group) is 1. The Labute approximate surface area is 108 Å². The molecule has 1 atom stereocenters. The fourth-order valence-electron chi connectivity index (χ4n) is 2.36. The maximum atomic E-state index is 10.9. The quantitative estimate of drug-likeness (QED) is 0.883. The van der Waals surface area contributed by atoms with E-state index in [-0.39, 0.29) is 12.4 Å². The van der Waals surface area contributed by atoms with Crippen LogP contribution in [0, 0.1) is 0 Å². The largest absolute Gasteiger partial charge is 0.478 e. The van der Waals surface area contributed by atoms with Crippen molar-refractivity contribution in [2.24, 2.45) is 0 Å². The van der Waals surface area contributed by atoms with E-state index in [2.05, 4.69) is 11.9 Å². The summed E-state index contributed by atoms with van der Waals surface area (Å²) in [6.45, 7) is 2.18. The molecule has 1 aliphatic rings. The molecule has 0 radical (unpaired) electrons. The number of benzene rings is 1. The Bertz CT molecular complexity index is 395. The van der Waals surface area contributed by atoms with Crippen LogP contribution in [-0.2, 0) is 0 Å². The Morgan fingerprint density at radius 2 is 2.24 bits per heavy atom. The predicted octanol–water partition coefficient (Wildman–Crippen LogP) is 2.62. The Hall–Kier alpha value is -1.06. The first-order chi connectivity index (χ1) is 7.66. The van der Waals surface area contributed by atoms with E-state index < -0.39 is 5.97 Å². The van der Waals surface area contributed by atoms with Crippen LogP contribution in [0.3, 0.4) is 0 Å². The summed E-state index contributed by atoms with van der Waals surface area (Å²) in [6, 6.07) is 7.34. The average molecular weight is 256 g/mol. The van der Waals surface area contributed by atoms with Crippen molar-refractivity contribution in [3.8, 4) is 0 Å². The van der Waals surface area contributed by atoms with E-state index >= 15 is 0 Å². The van der Waals surface area contributed by atoms with Crippen molar-refractivity contribution >= 4 is 18.4 Å². The van der Waals surface area contributed by atoms with Gasteiger partial charge in [-0.2, -0.15) is 0 Å². The molecule has 0 saturated carbocycles. The zero-order chi connectivity index (χ0) is 11.5. The molecule has 94 valence electrons. The highest BCUT2D eigenvalue weighted by Crippen LogP contribution is 2.26. The van der Waals surface area contributed by atoms with E-state index in [4.69, 9.17) is 5.11 Å². The summed E-state index contributed by atoms with van der Waals surface area (Å²) in [5.74, 6) is -0.357. The van der Waals surface area contributed by atoms with Crippen LogP contribution in [0.15, 0.2) is 24.3 Å². The van der Waals surface area contributed by atoms with Crippen LogP contribution in [-0.4, -0.2) is 36.1 Å². The number of piperidine rings is 1. The number of likely N-dealkylation sites (tertiary alicyclic amines) is 1. The smallest absolute Gasteiger partial charge is 0.335 e. The lowest BCUT2D eigenvalue weighted by Crippen LogP contribution is -2.30. The van der Waals surface area contributed by atoms with Crippen LogP contribution in [0.25, 0.3) is 0 Å². The third-order valence-electron chi connectivity index (χ3n) is 3.23. The van der Waals surface area contributed by atoms with Gasteiger partial charge in [0, 0.05) is 6.54 Å². The summed E-state index contributed by atoms with van der Waals surface area (Å²) in [5.41, 5.74) is 1.55. The number of hydrogen-bond acceptors (Lipinski definition) is 2. The molecule has 1 fully saturated rings. The zero-order valence-electron chi connectivity index (χ0n) is 9.93. The number of aromatic carboxylic acids is 1. The van der Waals surface area contributed by atoms with Gasteiger partial charge in [0.1, 0.15) is 0 Å². The Balaban J connectivity index is 0.00000144. The summed E-state index contributed by atoms with van der Waals surface area (Å²) in [6.07, 6.45) is 2.35. The molecule has 0 aromatic heterocycles. The van der Waals surface area contributed by atoms with Crippen LogP contribution in [0.1, 0.15) is 34.7 Å². The second-order valence-electron chi connectivity index (χ2n) is 4.53. The Kier molecular flexibility index (Phi) is 4.97. The molecule has 17 heavy (non-hydrogen) atoms. The molecule has 1 aliphatic heterocycles. The molecule has 4 heteroatoms. The van der Waals surface area contributed by atoms with Crippen molar-refractivity contribution in [2.75, 3.05) is 20.1 Å². The molecule has 1 N–H and O–H groups in total. The third kappa shape index (κ3) is 3.45. The fourth-order valence-corrected chi connectivity index (χ4v) is 2.36. The molecule has 0 bridgehead atoms. The molecule has 1 saturated heterocycles. The maximum absolute atomic E-state index is 10.9. The van der Waals surface area contributed by atoms with E-state index in [1.807, 2.05) is 18.2 Å². The summed E-state index contributed by atoms with van der Waals surface area (Å²) < 4.78 is 0. The molecule has 1 aromatic rings. The molecular formula is C13H18ClNO2. The molecule has 0 amide bonds. The van der Waals surface area contributed by atoms with Crippen molar-refractivity contribution in [3.63, 3.8) is 0 Å². The second kappa shape index (κ2) is 6.03. The van der Waals surface area contributed by atoms with Gasteiger partial charge in [-0.25, -0.2) is 4.79 Å². The van der Waals surface area contributed by atoms with Crippen LogP contribution in [0.2, 0.25) is 0 Å². The highest BCUT2D eigenvalue weighted by Gasteiger charge is 2.19. The molecule has 2 rings (SSSR count). The predicted molar refractivity (Wildman–Crippen MR) is 70.1 cm³/mol. The maximum Gasteiger partial charge on any atom is 0.335 e. The Morgan fingerprint density at radius 3 is 2.88 bits per heavy atom. The highest BCUT2D eigenvalue weighted by molar-refractivity contribution is 5.87. The average Bonchev–Trinajstić information content (AvgIpc) is 2.29. The monoisotopic (exact) mass is 255 g/mol. The lowest BCUT2D eigenvalue weighted by molar-refractivity contribution is 0.0696. The number of carbonyl (C=O) groups is 1. The van der Waals surface area contributed by atoms with E-state index in [9.17, 15) is 4.79 Å². The van der Waals surface area contributed by atoms with Gasteiger partial charge in [-0.05, 0) is 50.0 Å². The first-order valence-corrected chi connectivity index (χ1v) is 5.68. The van der Waals surface area contributed by atoms with Gasteiger partial charge in [0.2, 0.25) is 0 Å². The van der Waals surface area contributed by atoms with Crippen LogP contribution < -0.4 is 0 Å². The lowest BCUT2D eigenvalue weighted by Gasteiger charge is -2.30. The molecular weight excluding hydrogens is 238 g/mol. The molecule has 1 heterocycles. The summed E-state index contributed by atoms with van der Waals surface area (Å²) >= 11 is 0. The number of hydrogen-bond donors (Lipinski definition) is 1. The van der Waals surface area contributed by atoms with Crippen LogP contribution >= 0.6 is 12.4 Å². The summed E-state index contributed by atoms with van der Waals surface area (Å²) in [4.78, 5) is 13.2. The normalized spacial score (nSPS) is 20.6. The molecule has 1 unspecified atom stereocenters. The first-order valence-electron chi connectivity index (χ1n) is 5.68. The summed E-state index contributed by atoms with van der Waals surface area (Å²) in [7, 11) is 2.12. The molecule has 1 aromatic carbocycles. The minimum Gasteiger partial charge on any atom is -0.478 e. The van der Waals surface area contributed by atoms with Gasteiger partial charge < -0.3 is 10.0 Å². The van der Waals surface area contributed by atoms with E-state index in [1.165, 1.54) is 6.42 Å². The van der Waals surface area contributed by atoms with Gasteiger partial charge in [-0.3, -0.25) is 0 Å². The van der Waals surface area contributed by atoms with Gasteiger partial charge in [0.05, 0.1) is 5.56 Å². The number of nitrogens with zero attached hydrogens (tertiary/aromatic N) is 1. The Morgan fingerprint density at radius 1 is 1.47 bits per heavy atom. The molecule has 0 spiro atoms. The second-order valence-corrected chi connectivity index (χ2v) is 4.53. The van der Waals surface area contributed by atoms with Gasteiger partial charge in [-0.15, -0.1) is 12.4 Å². The minimum absolute atomic E-state index is 0. The SMILES string of the molecule is CN1CCCC(c2cccc(C(=O)O)c2)C1.Cl.